The Morgan fingerprint density at radius 3 is 2.83 bits per heavy atom. The Hall–Kier alpha value is -2.64. The van der Waals surface area contributed by atoms with Crippen LogP contribution in [0.4, 0.5) is 11.4 Å². The van der Waals surface area contributed by atoms with Crippen molar-refractivity contribution in [3.8, 4) is 0 Å². The number of anilines is 1. The van der Waals surface area contributed by atoms with Crippen molar-refractivity contribution < 1.29 is 24.4 Å². The first-order valence-electron chi connectivity index (χ1n) is 7.27. The van der Waals surface area contributed by atoms with Gasteiger partial charge in [-0.1, -0.05) is 0 Å². The first-order valence-corrected chi connectivity index (χ1v) is 7.27. The average Bonchev–Trinajstić information content (AvgIpc) is 3.02. The maximum absolute atomic E-state index is 12.3. The van der Waals surface area contributed by atoms with E-state index in [-0.39, 0.29) is 12.1 Å². The van der Waals surface area contributed by atoms with E-state index in [1.807, 2.05) is 4.90 Å². The Morgan fingerprint density at radius 1 is 1.48 bits per heavy atom. The highest BCUT2D eigenvalue weighted by molar-refractivity contribution is 6.02. The van der Waals surface area contributed by atoms with Crippen molar-refractivity contribution in [1.29, 1.82) is 0 Å². The number of carboxylic acid groups (broad SMARTS) is 1. The van der Waals surface area contributed by atoms with Gasteiger partial charge in [0.1, 0.15) is 0 Å². The largest absolute Gasteiger partial charge is 0.480 e. The zero-order valence-corrected chi connectivity index (χ0v) is 12.5. The summed E-state index contributed by atoms with van der Waals surface area (Å²) in [5.41, 5.74) is -0.595. The summed E-state index contributed by atoms with van der Waals surface area (Å²) in [6, 6.07) is 3.89. The normalized spacial score (nSPS) is 25.4. The van der Waals surface area contributed by atoms with Crippen molar-refractivity contribution in [3.63, 3.8) is 0 Å². The molecule has 0 aromatic heterocycles. The number of nitrogens with zero attached hydrogens (tertiary/aromatic N) is 2. The number of nitro groups is 1. The average molecular weight is 320 g/mol. The van der Waals surface area contributed by atoms with E-state index >= 15 is 0 Å². The molecule has 0 bridgehead atoms. The molecule has 8 heteroatoms. The van der Waals surface area contributed by atoms with Crippen LogP contribution >= 0.6 is 0 Å². The van der Waals surface area contributed by atoms with Crippen LogP contribution in [0.3, 0.4) is 0 Å². The Bertz CT molecular complexity index is 703. The van der Waals surface area contributed by atoms with E-state index in [4.69, 9.17) is 4.74 Å². The number of methoxy groups -OCH3 is 1. The second-order valence-corrected chi connectivity index (χ2v) is 5.87. The van der Waals surface area contributed by atoms with Crippen LogP contribution in [0.1, 0.15) is 18.4 Å². The molecule has 23 heavy (non-hydrogen) atoms. The van der Waals surface area contributed by atoms with Crippen LogP contribution in [-0.4, -0.2) is 41.7 Å². The minimum atomic E-state index is -1.73. The van der Waals surface area contributed by atoms with Gasteiger partial charge in [0, 0.05) is 30.8 Å². The molecule has 0 amide bonds. The fourth-order valence-electron chi connectivity index (χ4n) is 3.79. The zero-order valence-electron chi connectivity index (χ0n) is 12.5. The summed E-state index contributed by atoms with van der Waals surface area (Å²) in [7, 11) is 1.16. The van der Waals surface area contributed by atoms with Crippen molar-refractivity contribution >= 4 is 23.3 Å². The number of carbonyl (C=O) groups is 2. The van der Waals surface area contributed by atoms with Crippen LogP contribution in [-0.2, 0) is 20.7 Å². The molecule has 1 saturated heterocycles. The lowest BCUT2D eigenvalue weighted by Gasteiger charge is -2.43. The monoisotopic (exact) mass is 320 g/mol. The molecule has 1 fully saturated rings. The third-order valence-corrected chi connectivity index (χ3v) is 4.81. The highest BCUT2D eigenvalue weighted by Gasteiger charge is 2.59. The van der Waals surface area contributed by atoms with Crippen LogP contribution in [0.2, 0.25) is 0 Å². The first-order chi connectivity index (χ1) is 10.9. The summed E-state index contributed by atoms with van der Waals surface area (Å²) in [4.78, 5) is 36.6. The van der Waals surface area contributed by atoms with Gasteiger partial charge in [0.15, 0.2) is 5.41 Å². The van der Waals surface area contributed by atoms with Gasteiger partial charge in [-0.25, -0.2) is 0 Å². The molecule has 2 aliphatic heterocycles. The van der Waals surface area contributed by atoms with E-state index < -0.39 is 28.3 Å². The third kappa shape index (κ3) is 2.05. The predicted octanol–water partition coefficient (Wildman–Crippen LogP) is 1.36. The lowest BCUT2D eigenvalue weighted by atomic mass is 9.71. The summed E-state index contributed by atoms with van der Waals surface area (Å²) < 4.78 is 4.77. The molecule has 2 heterocycles. The maximum atomic E-state index is 12.3. The van der Waals surface area contributed by atoms with E-state index in [9.17, 15) is 24.8 Å². The Labute approximate surface area is 131 Å². The molecule has 1 N–H and O–H groups in total. The molecule has 3 rings (SSSR count). The second-order valence-electron chi connectivity index (χ2n) is 5.87. The smallest absolute Gasteiger partial charge is 0.325 e. The highest BCUT2D eigenvalue weighted by atomic mass is 16.6. The number of hydrogen-bond acceptors (Lipinski definition) is 6. The topological polar surface area (TPSA) is 110 Å². The van der Waals surface area contributed by atoms with Gasteiger partial charge < -0.3 is 14.7 Å². The molecule has 8 nitrogen and oxygen atoms in total. The molecule has 0 spiro atoms. The van der Waals surface area contributed by atoms with Crippen molar-refractivity contribution in [2.45, 2.75) is 25.3 Å². The van der Waals surface area contributed by atoms with Gasteiger partial charge in [-0.2, -0.15) is 0 Å². The van der Waals surface area contributed by atoms with Gasteiger partial charge in [0.05, 0.1) is 18.1 Å². The van der Waals surface area contributed by atoms with Gasteiger partial charge in [0.2, 0.25) is 0 Å². The Balaban J connectivity index is 2.18. The minimum absolute atomic E-state index is 0.104. The lowest BCUT2D eigenvalue weighted by Crippen LogP contribution is -2.58. The zero-order chi connectivity index (χ0) is 16.8. The Morgan fingerprint density at radius 2 is 2.22 bits per heavy atom. The molecule has 0 unspecified atom stereocenters. The molecule has 1 aromatic rings. The van der Waals surface area contributed by atoms with Crippen LogP contribution in [0, 0.1) is 15.5 Å². The van der Waals surface area contributed by atoms with E-state index in [0.29, 0.717) is 18.5 Å². The molecule has 0 aliphatic carbocycles. The number of rotatable bonds is 3. The summed E-state index contributed by atoms with van der Waals surface area (Å²) in [6.07, 6.45) is 1.22. The number of carbonyl (C=O) groups excluding carboxylic acids is 1. The van der Waals surface area contributed by atoms with E-state index in [0.717, 1.165) is 19.2 Å². The molecular weight excluding hydrogens is 304 g/mol. The van der Waals surface area contributed by atoms with E-state index in [1.165, 1.54) is 12.1 Å². The first kappa shape index (κ1) is 15.3. The summed E-state index contributed by atoms with van der Waals surface area (Å²) in [6.45, 7) is 0.613. The summed E-state index contributed by atoms with van der Waals surface area (Å²) >= 11 is 0. The standard InChI is InChI=1S/C15H16N2O6/c1-23-14(20)15(13(18)19)8-9-7-10(17(21)22)4-5-11(9)16-6-2-3-12(15)16/h4-5,7,12H,2-3,6,8H2,1H3,(H,18,19)/t12-,15+/m1/s1. The van der Waals surface area contributed by atoms with Crippen LogP contribution in [0.5, 0.6) is 0 Å². The van der Waals surface area contributed by atoms with Crippen molar-refractivity contribution in [3.05, 3.63) is 33.9 Å². The maximum Gasteiger partial charge on any atom is 0.325 e. The third-order valence-electron chi connectivity index (χ3n) is 4.81. The second kappa shape index (κ2) is 5.22. The summed E-state index contributed by atoms with van der Waals surface area (Å²) in [5.74, 6) is -2.06. The molecule has 0 saturated carbocycles. The number of nitro benzene ring substituents is 1. The van der Waals surface area contributed by atoms with E-state index in [2.05, 4.69) is 0 Å². The van der Waals surface area contributed by atoms with E-state index in [1.54, 1.807) is 6.07 Å². The van der Waals surface area contributed by atoms with Gasteiger partial charge in [0.25, 0.3) is 5.69 Å². The van der Waals surface area contributed by atoms with Crippen LogP contribution < -0.4 is 4.90 Å². The molecule has 0 radical (unpaired) electrons. The van der Waals surface area contributed by atoms with Gasteiger partial charge in [-0.05, 0) is 24.5 Å². The predicted molar refractivity (Wildman–Crippen MR) is 79.3 cm³/mol. The number of hydrogen-bond donors (Lipinski definition) is 1. The van der Waals surface area contributed by atoms with Crippen LogP contribution in [0.15, 0.2) is 18.2 Å². The molecular formula is C15H16N2O6. The fraction of sp³-hybridized carbons (Fsp3) is 0.467. The highest BCUT2D eigenvalue weighted by Crippen LogP contribution is 2.47. The number of carboxylic acids is 1. The number of ether oxygens (including phenoxy) is 1. The molecule has 1 aromatic carbocycles. The lowest BCUT2D eigenvalue weighted by molar-refractivity contribution is -0.384. The summed E-state index contributed by atoms with van der Waals surface area (Å²) in [5, 5.41) is 20.8. The van der Waals surface area contributed by atoms with Crippen molar-refractivity contribution in [1.82, 2.24) is 0 Å². The van der Waals surface area contributed by atoms with Crippen LogP contribution in [0.25, 0.3) is 0 Å². The number of non-ortho nitro benzene ring substituents is 1. The van der Waals surface area contributed by atoms with Crippen molar-refractivity contribution in [2.24, 2.45) is 5.41 Å². The molecule has 2 atom stereocenters. The van der Waals surface area contributed by atoms with Crippen molar-refractivity contribution in [2.75, 3.05) is 18.6 Å². The van der Waals surface area contributed by atoms with Gasteiger partial charge in [-0.3, -0.25) is 19.7 Å². The molecule has 2 aliphatic rings. The SMILES string of the molecule is COC(=O)[C@@]1(C(=O)O)Cc2cc([N+](=O)[O-])ccc2N2CCC[C@@H]21. The number of fused-ring (bicyclic) bond motifs is 3. The number of esters is 1. The quantitative estimate of drug-likeness (QED) is 0.387. The fourth-order valence-corrected chi connectivity index (χ4v) is 3.79. The number of benzene rings is 1. The minimum Gasteiger partial charge on any atom is -0.480 e. The van der Waals surface area contributed by atoms with Gasteiger partial charge in [-0.15, -0.1) is 0 Å². The molecule has 122 valence electrons. The van der Waals surface area contributed by atoms with Gasteiger partial charge >= 0.3 is 11.9 Å². The Kier molecular flexibility index (Phi) is 3.46. The number of aliphatic carboxylic acids is 1.